The van der Waals surface area contributed by atoms with Gasteiger partial charge in [0.2, 0.25) is 0 Å². The van der Waals surface area contributed by atoms with Crippen LogP contribution in [0, 0.1) is 6.92 Å². The van der Waals surface area contributed by atoms with Crippen molar-refractivity contribution in [2.45, 2.75) is 6.92 Å². The normalized spacial score (nSPS) is 10.2. The molecule has 21 heavy (non-hydrogen) atoms. The molecule has 0 heterocycles. The number of anilines is 1. The monoisotopic (exact) mass is 305 g/mol. The second-order valence-corrected chi connectivity index (χ2v) is 4.86. The maximum absolute atomic E-state index is 12.1. The lowest BCUT2D eigenvalue weighted by molar-refractivity contribution is 0.0693. The van der Waals surface area contributed by atoms with Crippen molar-refractivity contribution >= 4 is 29.2 Å². The summed E-state index contributed by atoms with van der Waals surface area (Å²) in [6.07, 6.45) is 0. The Hall–Kier alpha value is -2.53. The summed E-state index contributed by atoms with van der Waals surface area (Å²) in [6.45, 7) is 1.82. The average Bonchev–Trinajstić information content (AvgIpc) is 2.43. The number of aromatic hydroxyl groups is 1. The van der Waals surface area contributed by atoms with Crippen molar-refractivity contribution in [2.24, 2.45) is 0 Å². The van der Waals surface area contributed by atoms with E-state index in [0.717, 1.165) is 5.56 Å². The summed E-state index contributed by atoms with van der Waals surface area (Å²) in [5.74, 6) is -2.06. The Kier molecular flexibility index (Phi) is 4.14. The van der Waals surface area contributed by atoms with Crippen LogP contribution in [0.15, 0.2) is 36.4 Å². The molecule has 0 unspecified atom stereocenters. The van der Waals surface area contributed by atoms with E-state index in [-0.39, 0.29) is 17.0 Å². The van der Waals surface area contributed by atoms with Crippen LogP contribution in [0.2, 0.25) is 5.02 Å². The summed E-state index contributed by atoms with van der Waals surface area (Å²) in [4.78, 5) is 23.0. The van der Waals surface area contributed by atoms with Crippen LogP contribution < -0.4 is 5.32 Å². The molecule has 2 aromatic rings. The van der Waals surface area contributed by atoms with E-state index >= 15 is 0 Å². The number of amides is 1. The third-order valence-corrected chi connectivity index (χ3v) is 3.33. The fraction of sp³-hybridized carbons (Fsp3) is 0.0667. The maximum Gasteiger partial charge on any atom is 0.339 e. The number of nitrogens with one attached hydrogen (secondary N) is 1. The van der Waals surface area contributed by atoms with Crippen LogP contribution in [0.4, 0.5) is 5.69 Å². The van der Waals surface area contributed by atoms with Gasteiger partial charge in [-0.05, 0) is 42.8 Å². The summed E-state index contributed by atoms with van der Waals surface area (Å²) < 4.78 is 0. The topological polar surface area (TPSA) is 86.6 Å². The molecule has 0 spiro atoms. The molecule has 0 atom stereocenters. The van der Waals surface area contributed by atoms with Crippen molar-refractivity contribution in [1.82, 2.24) is 0 Å². The molecule has 2 aromatic carbocycles. The van der Waals surface area contributed by atoms with Crippen molar-refractivity contribution in [3.05, 3.63) is 58.1 Å². The molecule has 0 aliphatic carbocycles. The zero-order chi connectivity index (χ0) is 15.6. The number of hydrogen-bond acceptors (Lipinski definition) is 3. The molecule has 2 rings (SSSR count). The third kappa shape index (κ3) is 3.32. The number of carboxylic acid groups (broad SMARTS) is 1. The average molecular weight is 306 g/mol. The van der Waals surface area contributed by atoms with Gasteiger partial charge >= 0.3 is 5.97 Å². The Labute approximate surface area is 125 Å². The lowest BCUT2D eigenvalue weighted by Gasteiger charge is -2.08. The van der Waals surface area contributed by atoms with E-state index in [0.29, 0.717) is 10.6 Å². The first kappa shape index (κ1) is 14.9. The molecule has 0 radical (unpaired) electrons. The quantitative estimate of drug-likeness (QED) is 0.759. The van der Waals surface area contributed by atoms with Crippen LogP contribution in [0.5, 0.6) is 5.75 Å². The van der Waals surface area contributed by atoms with Crippen LogP contribution >= 0.6 is 11.6 Å². The van der Waals surface area contributed by atoms with Crippen molar-refractivity contribution in [3.8, 4) is 5.75 Å². The summed E-state index contributed by atoms with van der Waals surface area (Å²) >= 11 is 5.96. The van der Waals surface area contributed by atoms with E-state index in [4.69, 9.17) is 16.7 Å². The van der Waals surface area contributed by atoms with Gasteiger partial charge in [0.1, 0.15) is 11.3 Å². The molecule has 6 heteroatoms. The predicted octanol–water partition coefficient (Wildman–Crippen LogP) is 3.30. The van der Waals surface area contributed by atoms with E-state index in [2.05, 4.69) is 5.32 Å². The Morgan fingerprint density at radius 1 is 1.14 bits per heavy atom. The summed E-state index contributed by atoms with van der Waals surface area (Å²) in [7, 11) is 0. The number of benzene rings is 2. The van der Waals surface area contributed by atoms with Gasteiger partial charge in [0.25, 0.3) is 5.91 Å². The van der Waals surface area contributed by atoms with Gasteiger partial charge in [-0.15, -0.1) is 0 Å². The van der Waals surface area contributed by atoms with E-state index < -0.39 is 11.9 Å². The zero-order valence-corrected chi connectivity index (χ0v) is 11.8. The lowest BCUT2D eigenvalue weighted by atomic mass is 10.1. The van der Waals surface area contributed by atoms with Crippen LogP contribution in [-0.2, 0) is 0 Å². The van der Waals surface area contributed by atoms with Crippen molar-refractivity contribution in [2.75, 3.05) is 5.32 Å². The number of aryl methyl sites for hydroxylation is 1. The molecule has 0 bridgehead atoms. The molecule has 0 saturated heterocycles. The van der Waals surface area contributed by atoms with Crippen LogP contribution in [0.3, 0.4) is 0 Å². The fourth-order valence-electron chi connectivity index (χ4n) is 1.72. The Balaban J connectivity index is 2.25. The minimum absolute atomic E-state index is 0.270. The van der Waals surface area contributed by atoms with E-state index in [1.54, 1.807) is 12.1 Å². The highest BCUT2D eigenvalue weighted by atomic mass is 35.5. The smallest absolute Gasteiger partial charge is 0.339 e. The largest absolute Gasteiger partial charge is 0.507 e. The SMILES string of the molecule is Cc1ccc(C(=O)Nc2ccc(O)c(C(=O)O)c2)cc1Cl. The first-order chi connectivity index (χ1) is 9.88. The fourth-order valence-corrected chi connectivity index (χ4v) is 1.90. The second-order valence-electron chi connectivity index (χ2n) is 4.46. The Morgan fingerprint density at radius 2 is 1.86 bits per heavy atom. The summed E-state index contributed by atoms with van der Waals surface area (Å²) in [5, 5.41) is 21.4. The van der Waals surface area contributed by atoms with Crippen LogP contribution in [0.1, 0.15) is 26.3 Å². The number of halogens is 1. The molecular weight excluding hydrogens is 294 g/mol. The minimum Gasteiger partial charge on any atom is -0.507 e. The first-order valence-electron chi connectivity index (χ1n) is 6.02. The van der Waals surface area contributed by atoms with Crippen molar-refractivity contribution in [3.63, 3.8) is 0 Å². The minimum atomic E-state index is -1.28. The van der Waals surface area contributed by atoms with E-state index in [1.807, 2.05) is 6.92 Å². The molecule has 108 valence electrons. The number of carboxylic acids is 1. The first-order valence-corrected chi connectivity index (χ1v) is 6.40. The van der Waals surface area contributed by atoms with E-state index in [9.17, 15) is 14.7 Å². The van der Waals surface area contributed by atoms with E-state index in [1.165, 1.54) is 24.3 Å². The molecular formula is C15H12ClNO4. The van der Waals surface area contributed by atoms with Gasteiger partial charge in [-0.3, -0.25) is 4.79 Å². The molecule has 5 nitrogen and oxygen atoms in total. The highest BCUT2D eigenvalue weighted by Gasteiger charge is 2.13. The Bertz CT molecular complexity index is 728. The molecule has 0 fully saturated rings. The molecule has 0 aliphatic heterocycles. The molecule has 0 aliphatic rings. The van der Waals surface area contributed by atoms with Gasteiger partial charge in [-0.1, -0.05) is 17.7 Å². The lowest BCUT2D eigenvalue weighted by Crippen LogP contribution is -2.12. The zero-order valence-electron chi connectivity index (χ0n) is 11.1. The third-order valence-electron chi connectivity index (χ3n) is 2.92. The molecule has 3 N–H and O–H groups in total. The van der Waals surface area contributed by atoms with Gasteiger partial charge in [-0.2, -0.15) is 0 Å². The number of carbonyl (C=O) groups excluding carboxylic acids is 1. The number of carbonyl (C=O) groups is 2. The Morgan fingerprint density at radius 3 is 2.48 bits per heavy atom. The summed E-state index contributed by atoms with van der Waals surface area (Å²) in [5.41, 5.74) is 1.20. The molecule has 0 saturated carbocycles. The van der Waals surface area contributed by atoms with Crippen LogP contribution in [-0.4, -0.2) is 22.1 Å². The van der Waals surface area contributed by atoms with Crippen LogP contribution in [0.25, 0.3) is 0 Å². The highest BCUT2D eigenvalue weighted by Crippen LogP contribution is 2.22. The highest BCUT2D eigenvalue weighted by molar-refractivity contribution is 6.31. The van der Waals surface area contributed by atoms with Crippen molar-refractivity contribution in [1.29, 1.82) is 0 Å². The van der Waals surface area contributed by atoms with Gasteiger partial charge in [0, 0.05) is 16.3 Å². The number of phenols is 1. The number of aromatic carboxylic acids is 1. The maximum atomic E-state index is 12.1. The van der Waals surface area contributed by atoms with Gasteiger partial charge < -0.3 is 15.5 Å². The standard InChI is InChI=1S/C15H12ClNO4/c1-8-2-3-9(6-12(8)16)14(19)17-10-4-5-13(18)11(7-10)15(20)21/h2-7,18H,1H3,(H,17,19)(H,20,21). The van der Waals surface area contributed by atoms with Crippen molar-refractivity contribution < 1.29 is 19.8 Å². The molecule has 1 amide bonds. The second kappa shape index (κ2) is 5.85. The van der Waals surface area contributed by atoms with Gasteiger partial charge in [-0.25, -0.2) is 4.79 Å². The molecule has 0 aromatic heterocycles. The summed E-state index contributed by atoms with van der Waals surface area (Å²) in [6, 6.07) is 8.68. The van der Waals surface area contributed by atoms with Gasteiger partial charge in [0.15, 0.2) is 0 Å². The van der Waals surface area contributed by atoms with Gasteiger partial charge in [0.05, 0.1) is 0 Å². The number of rotatable bonds is 3. The predicted molar refractivity (Wildman–Crippen MR) is 79.2 cm³/mol. The number of hydrogen-bond donors (Lipinski definition) is 3.